The summed E-state index contributed by atoms with van der Waals surface area (Å²) in [6.07, 6.45) is 15.4. The molecule has 0 aromatic heterocycles. The van der Waals surface area contributed by atoms with Crippen LogP contribution in [0.1, 0.15) is 73.1 Å². The highest BCUT2D eigenvalue weighted by Gasteiger charge is 2.17. The van der Waals surface area contributed by atoms with E-state index in [-0.39, 0.29) is 0 Å². The van der Waals surface area contributed by atoms with Crippen molar-refractivity contribution in [2.45, 2.75) is 78.7 Å². The van der Waals surface area contributed by atoms with Crippen molar-refractivity contribution in [3.8, 4) is 0 Å². The summed E-state index contributed by atoms with van der Waals surface area (Å²) in [4.78, 5) is 0. The maximum atomic E-state index is 10.5. The van der Waals surface area contributed by atoms with Crippen LogP contribution in [0.5, 0.6) is 0 Å². The highest BCUT2D eigenvalue weighted by molar-refractivity contribution is 5.08. The van der Waals surface area contributed by atoms with Crippen molar-refractivity contribution in [1.29, 1.82) is 0 Å². The van der Waals surface area contributed by atoms with E-state index in [0.29, 0.717) is 11.8 Å². The summed E-state index contributed by atoms with van der Waals surface area (Å²) in [7, 11) is 0. The molecule has 1 nitrogen and oxygen atoms in total. The fraction of sp³-hybridized carbons (Fsp3) is 0.700. The Morgan fingerprint density at radius 2 is 1.71 bits per heavy atom. The Bertz CT molecular complexity index is 396. The molecular weight excluding hydrogens is 256 g/mol. The zero-order chi connectivity index (χ0) is 15.9. The predicted octanol–water partition coefficient (Wildman–Crippen LogP) is 5.81. The topological polar surface area (TPSA) is 20.2 Å². The molecule has 1 aliphatic rings. The van der Waals surface area contributed by atoms with Crippen molar-refractivity contribution < 1.29 is 5.11 Å². The van der Waals surface area contributed by atoms with Gasteiger partial charge in [0.2, 0.25) is 0 Å². The summed E-state index contributed by atoms with van der Waals surface area (Å²) >= 11 is 0. The average molecular weight is 290 g/mol. The molecule has 1 rings (SSSR count). The van der Waals surface area contributed by atoms with Crippen LogP contribution in [0.4, 0.5) is 0 Å². The number of hydrogen-bond acceptors (Lipinski definition) is 1. The van der Waals surface area contributed by atoms with E-state index in [0.717, 1.165) is 32.1 Å². The molecule has 21 heavy (non-hydrogen) atoms. The molecule has 1 aliphatic carbocycles. The van der Waals surface area contributed by atoms with Crippen molar-refractivity contribution in [2.75, 3.05) is 0 Å². The maximum Gasteiger partial charge on any atom is 0.0802 e. The molecule has 0 aromatic carbocycles. The van der Waals surface area contributed by atoms with E-state index in [4.69, 9.17) is 0 Å². The summed E-state index contributed by atoms with van der Waals surface area (Å²) < 4.78 is 0. The summed E-state index contributed by atoms with van der Waals surface area (Å²) in [6, 6.07) is 0. The lowest BCUT2D eigenvalue weighted by molar-refractivity contribution is 0.102. The minimum atomic E-state index is -0.682. The average Bonchev–Trinajstić information content (AvgIpc) is 2.37. The SMILES string of the molecule is C/C1=C/CC/C(C)=C/CC[C@@](C)(O)/C=C/[C@@H](C(C)C)CC1. The van der Waals surface area contributed by atoms with Gasteiger partial charge >= 0.3 is 0 Å². The lowest BCUT2D eigenvalue weighted by Gasteiger charge is -2.22. The molecule has 0 heterocycles. The van der Waals surface area contributed by atoms with Crippen molar-refractivity contribution in [3.05, 3.63) is 35.5 Å². The van der Waals surface area contributed by atoms with Crippen molar-refractivity contribution >= 4 is 0 Å². The van der Waals surface area contributed by atoms with Crippen LogP contribution in [0.25, 0.3) is 0 Å². The molecule has 0 aliphatic heterocycles. The molecule has 1 heteroatoms. The van der Waals surface area contributed by atoms with Gasteiger partial charge in [0.25, 0.3) is 0 Å². The molecule has 0 saturated carbocycles. The van der Waals surface area contributed by atoms with Gasteiger partial charge < -0.3 is 5.11 Å². The number of rotatable bonds is 1. The number of aliphatic hydroxyl groups is 1. The van der Waals surface area contributed by atoms with Crippen LogP contribution in [0.15, 0.2) is 35.5 Å². The molecule has 0 saturated heterocycles. The summed E-state index contributed by atoms with van der Waals surface area (Å²) in [5, 5.41) is 10.5. The summed E-state index contributed by atoms with van der Waals surface area (Å²) in [5.41, 5.74) is 2.26. The Hall–Kier alpha value is -0.820. The van der Waals surface area contributed by atoms with Gasteiger partial charge in [-0.2, -0.15) is 0 Å². The first kappa shape index (κ1) is 18.2. The first-order chi connectivity index (χ1) is 9.80. The molecule has 1 N–H and O–H groups in total. The van der Waals surface area contributed by atoms with Crippen LogP contribution in [0.3, 0.4) is 0 Å². The molecule has 0 radical (unpaired) electrons. The fourth-order valence-electron chi connectivity index (χ4n) is 2.82. The fourth-order valence-corrected chi connectivity index (χ4v) is 2.82. The second-order valence-corrected chi connectivity index (χ2v) is 7.34. The van der Waals surface area contributed by atoms with Crippen LogP contribution in [-0.2, 0) is 0 Å². The molecule has 0 aromatic rings. The quantitative estimate of drug-likeness (QED) is 0.604. The van der Waals surface area contributed by atoms with Crippen LogP contribution >= 0.6 is 0 Å². The first-order valence-electron chi connectivity index (χ1n) is 8.53. The molecule has 0 bridgehead atoms. The Labute approximate surface area is 131 Å². The zero-order valence-corrected chi connectivity index (χ0v) is 14.7. The van der Waals surface area contributed by atoms with E-state index in [1.165, 1.54) is 17.6 Å². The Kier molecular flexibility index (Phi) is 7.45. The van der Waals surface area contributed by atoms with E-state index in [1.807, 2.05) is 13.0 Å². The van der Waals surface area contributed by atoms with E-state index in [2.05, 4.69) is 45.9 Å². The van der Waals surface area contributed by atoms with Crippen LogP contribution in [0, 0.1) is 11.8 Å². The number of allylic oxidation sites excluding steroid dienone is 5. The monoisotopic (exact) mass is 290 g/mol. The van der Waals surface area contributed by atoms with Crippen LogP contribution in [0.2, 0.25) is 0 Å². The van der Waals surface area contributed by atoms with Crippen molar-refractivity contribution in [1.82, 2.24) is 0 Å². The third-order valence-corrected chi connectivity index (χ3v) is 4.61. The van der Waals surface area contributed by atoms with E-state index < -0.39 is 5.60 Å². The predicted molar refractivity (Wildman–Crippen MR) is 93.3 cm³/mol. The number of hydrogen-bond donors (Lipinski definition) is 1. The summed E-state index contributed by atoms with van der Waals surface area (Å²) in [5.74, 6) is 1.18. The molecule has 0 unspecified atom stereocenters. The van der Waals surface area contributed by atoms with Gasteiger partial charge in [-0.3, -0.25) is 0 Å². The van der Waals surface area contributed by atoms with Crippen molar-refractivity contribution in [3.63, 3.8) is 0 Å². The summed E-state index contributed by atoms with van der Waals surface area (Å²) in [6.45, 7) is 10.9. The molecule has 120 valence electrons. The Morgan fingerprint density at radius 3 is 2.38 bits per heavy atom. The van der Waals surface area contributed by atoms with Crippen LogP contribution < -0.4 is 0 Å². The largest absolute Gasteiger partial charge is 0.386 e. The van der Waals surface area contributed by atoms with Gasteiger partial charge in [0.1, 0.15) is 0 Å². The highest BCUT2D eigenvalue weighted by atomic mass is 16.3. The molecular formula is C20H34O. The standard InChI is InChI=1S/C20H34O/c1-16(2)19-12-11-18(4)9-6-8-17(3)10-7-14-20(5,21)15-13-19/h9-10,13,15-16,19,21H,6-8,11-12,14H2,1-5H3/b15-13+,17-10+,18-9-/t19-,20+/m0/s1. The minimum Gasteiger partial charge on any atom is -0.386 e. The second kappa shape index (κ2) is 8.58. The second-order valence-electron chi connectivity index (χ2n) is 7.34. The first-order valence-corrected chi connectivity index (χ1v) is 8.53. The van der Waals surface area contributed by atoms with Crippen LogP contribution in [-0.4, -0.2) is 10.7 Å². The van der Waals surface area contributed by atoms with Gasteiger partial charge in [-0.1, -0.05) is 49.3 Å². The normalized spacial score (nSPS) is 36.2. The third-order valence-electron chi connectivity index (χ3n) is 4.61. The van der Waals surface area contributed by atoms with E-state index in [1.54, 1.807) is 0 Å². The van der Waals surface area contributed by atoms with Gasteiger partial charge in [0.15, 0.2) is 0 Å². The Morgan fingerprint density at radius 1 is 1.10 bits per heavy atom. The molecule has 0 amide bonds. The van der Waals surface area contributed by atoms with Crippen molar-refractivity contribution in [2.24, 2.45) is 11.8 Å². The lowest BCUT2D eigenvalue weighted by Crippen LogP contribution is -2.21. The lowest BCUT2D eigenvalue weighted by atomic mass is 9.87. The minimum absolute atomic E-state index is 0.556. The molecule has 0 spiro atoms. The van der Waals surface area contributed by atoms with E-state index in [9.17, 15) is 5.11 Å². The van der Waals surface area contributed by atoms with Gasteiger partial charge in [-0.05, 0) is 71.1 Å². The van der Waals surface area contributed by atoms with Gasteiger partial charge in [-0.15, -0.1) is 0 Å². The highest BCUT2D eigenvalue weighted by Crippen LogP contribution is 2.25. The maximum absolute atomic E-state index is 10.5. The molecule has 0 fully saturated rings. The smallest absolute Gasteiger partial charge is 0.0802 e. The third kappa shape index (κ3) is 7.66. The zero-order valence-electron chi connectivity index (χ0n) is 14.7. The van der Waals surface area contributed by atoms with Gasteiger partial charge in [0, 0.05) is 0 Å². The molecule has 2 atom stereocenters. The van der Waals surface area contributed by atoms with E-state index >= 15 is 0 Å². The van der Waals surface area contributed by atoms with Gasteiger partial charge in [0.05, 0.1) is 5.60 Å². The van der Waals surface area contributed by atoms with Gasteiger partial charge in [-0.25, -0.2) is 0 Å². The Balaban J connectivity index is 2.87.